The van der Waals surface area contributed by atoms with E-state index < -0.39 is 0 Å². The maximum atomic E-state index is 5.59. The first-order chi connectivity index (χ1) is 10.4. The number of nitrogens with one attached hydrogen (secondary N) is 1. The molecule has 21 heavy (non-hydrogen) atoms. The van der Waals surface area contributed by atoms with Gasteiger partial charge in [0.1, 0.15) is 5.75 Å². The fraction of sp³-hybridized carbons (Fsp3) is 0.400. The van der Waals surface area contributed by atoms with Gasteiger partial charge in [-0.25, -0.2) is 0 Å². The zero-order valence-corrected chi connectivity index (χ0v) is 12.1. The lowest BCUT2D eigenvalue weighted by atomic mass is 10.3. The SMILES string of the molecule is CCOc1ccccc1Nc1nncc(N2CCCC2)n1. The molecule has 0 aliphatic carbocycles. The Bertz CT molecular complexity index is 598. The third-order valence-corrected chi connectivity index (χ3v) is 3.41. The van der Waals surface area contributed by atoms with Crippen LogP contribution in [0.3, 0.4) is 0 Å². The molecule has 6 nitrogen and oxygen atoms in total. The monoisotopic (exact) mass is 285 g/mol. The van der Waals surface area contributed by atoms with Gasteiger partial charge in [-0.1, -0.05) is 12.1 Å². The van der Waals surface area contributed by atoms with Crippen LogP contribution in [0.5, 0.6) is 5.75 Å². The van der Waals surface area contributed by atoms with Crippen molar-refractivity contribution in [2.45, 2.75) is 19.8 Å². The van der Waals surface area contributed by atoms with Crippen molar-refractivity contribution in [2.24, 2.45) is 0 Å². The summed E-state index contributed by atoms with van der Waals surface area (Å²) >= 11 is 0. The second-order valence-corrected chi connectivity index (χ2v) is 4.89. The van der Waals surface area contributed by atoms with E-state index in [4.69, 9.17) is 4.74 Å². The number of ether oxygens (including phenoxy) is 1. The minimum absolute atomic E-state index is 0.492. The van der Waals surface area contributed by atoms with Gasteiger partial charge in [0.05, 0.1) is 18.5 Å². The van der Waals surface area contributed by atoms with Crippen molar-refractivity contribution in [2.75, 3.05) is 29.9 Å². The van der Waals surface area contributed by atoms with Crippen LogP contribution in [-0.2, 0) is 0 Å². The van der Waals surface area contributed by atoms with Crippen LogP contribution in [0.25, 0.3) is 0 Å². The molecule has 2 aromatic rings. The van der Waals surface area contributed by atoms with E-state index in [0.717, 1.165) is 30.3 Å². The minimum atomic E-state index is 0.492. The first-order valence-corrected chi connectivity index (χ1v) is 7.30. The molecule has 1 aromatic carbocycles. The summed E-state index contributed by atoms with van der Waals surface area (Å²) < 4.78 is 5.59. The third kappa shape index (κ3) is 3.21. The Morgan fingerprint density at radius 3 is 2.86 bits per heavy atom. The molecule has 110 valence electrons. The van der Waals surface area contributed by atoms with Crippen molar-refractivity contribution < 1.29 is 4.74 Å². The number of hydrogen-bond donors (Lipinski definition) is 1. The summed E-state index contributed by atoms with van der Waals surface area (Å²) in [5.74, 6) is 2.15. The van der Waals surface area contributed by atoms with Gasteiger partial charge in [-0.2, -0.15) is 10.1 Å². The lowest BCUT2D eigenvalue weighted by Gasteiger charge is -2.16. The molecule has 0 bridgehead atoms. The van der Waals surface area contributed by atoms with Gasteiger partial charge in [0.2, 0.25) is 5.95 Å². The number of nitrogens with zero attached hydrogens (tertiary/aromatic N) is 4. The molecule has 1 aliphatic rings. The maximum absolute atomic E-state index is 5.59. The summed E-state index contributed by atoms with van der Waals surface area (Å²) in [6, 6.07) is 7.75. The fourth-order valence-electron chi connectivity index (χ4n) is 2.42. The van der Waals surface area contributed by atoms with Crippen molar-refractivity contribution in [3.05, 3.63) is 30.5 Å². The molecule has 0 unspecified atom stereocenters. The smallest absolute Gasteiger partial charge is 0.249 e. The van der Waals surface area contributed by atoms with Gasteiger partial charge in [-0.15, -0.1) is 5.10 Å². The molecule has 1 N–H and O–H groups in total. The van der Waals surface area contributed by atoms with E-state index in [-0.39, 0.29) is 0 Å². The van der Waals surface area contributed by atoms with Crippen LogP contribution in [0.4, 0.5) is 17.5 Å². The molecule has 0 radical (unpaired) electrons. The van der Waals surface area contributed by atoms with E-state index in [1.54, 1.807) is 6.20 Å². The number of hydrogen-bond acceptors (Lipinski definition) is 6. The van der Waals surface area contributed by atoms with Crippen molar-refractivity contribution in [1.29, 1.82) is 0 Å². The van der Waals surface area contributed by atoms with Crippen molar-refractivity contribution in [1.82, 2.24) is 15.2 Å². The standard InChI is InChI=1S/C15H19N5O/c1-2-21-13-8-4-3-7-12(13)17-15-18-14(11-16-19-15)20-9-5-6-10-20/h3-4,7-8,11H,2,5-6,9-10H2,1H3,(H,17,18,19). The van der Waals surface area contributed by atoms with E-state index in [1.807, 2.05) is 31.2 Å². The highest BCUT2D eigenvalue weighted by atomic mass is 16.5. The first kappa shape index (κ1) is 13.6. The number of aromatic nitrogens is 3. The van der Waals surface area contributed by atoms with Crippen molar-refractivity contribution in [3.63, 3.8) is 0 Å². The van der Waals surface area contributed by atoms with Crippen molar-refractivity contribution in [3.8, 4) is 5.75 Å². The number of benzene rings is 1. The summed E-state index contributed by atoms with van der Waals surface area (Å²) in [6.45, 7) is 4.65. The third-order valence-electron chi connectivity index (χ3n) is 3.41. The van der Waals surface area contributed by atoms with Crippen molar-refractivity contribution >= 4 is 17.5 Å². The number of para-hydroxylation sites is 2. The second-order valence-electron chi connectivity index (χ2n) is 4.89. The summed E-state index contributed by atoms with van der Waals surface area (Å²) in [5, 5.41) is 11.3. The highest BCUT2D eigenvalue weighted by molar-refractivity contribution is 5.62. The Morgan fingerprint density at radius 1 is 1.24 bits per heavy atom. The van der Waals surface area contributed by atoms with E-state index in [1.165, 1.54) is 12.8 Å². The molecule has 6 heteroatoms. The van der Waals surface area contributed by atoms with Gasteiger partial charge in [0, 0.05) is 13.1 Å². The van der Waals surface area contributed by atoms with Crippen LogP contribution in [-0.4, -0.2) is 34.9 Å². The molecule has 0 saturated carbocycles. The number of rotatable bonds is 5. The normalized spacial score (nSPS) is 14.2. The average Bonchev–Trinajstić information content (AvgIpc) is 3.04. The number of anilines is 3. The van der Waals surface area contributed by atoms with Gasteiger partial charge >= 0.3 is 0 Å². The summed E-state index contributed by atoms with van der Waals surface area (Å²) in [4.78, 5) is 6.77. The van der Waals surface area contributed by atoms with E-state index in [2.05, 4.69) is 25.4 Å². The van der Waals surface area contributed by atoms with E-state index >= 15 is 0 Å². The molecule has 3 rings (SSSR count). The Labute approximate surface area is 124 Å². The van der Waals surface area contributed by atoms with Crippen LogP contribution in [0.2, 0.25) is 0 Å². The van der Waals surface area contributed by atoms with Crippen LogP contribution in [0, 0.1) is 0 Å². The van der Waals surface area contributed by atoms with Crippen LogP contribution in [0.1, 0.15) is 19.8 Å². The average molecular weight is 285 g/mol. The summed E-state index contributed by atoms with van der Waals surface area (Å²) in [5.41, 5.74) is 0.847. The Kier molecular flexibility index (Phi) is 4.14. The molecule has 1 fully saturated rings. The van der Waals surface area contributed by atoms with Gasteiger partial charge in [0.25, 0.3) is 0 Å². The molecular formula is C15H19N5O. The Balaban J connectivity index is 1.80. The predicted octanol–water partition coefficient (Wildman–Crippen LogP) is 2.61. The molecule has 1 aliphatic heterocycles. The van der Waals surface area contributed by atoms with Crippen LogP contribution >= 0.6 is 0 Å². The Hall–Kier alpha value is -2.37. The van der Waals surface area contributed by atoms with E-state index in [9.17, 15) is 0 Å². The van der Waals surface area contributed by atoms with Gasteiger partial charge < -0.3 is 15.0 Å². The molecule has 1 aromatic heterocycles. The second kappa shape index (κ2) is 6.39. The maximum Gasteiger partial charge on any atom is 0.249 e. The molecular weight excluding hydrogens is 266 g/mol. The lowest BCUT2D eigenvalue weighted by molar-refractivity contribution is 0.342. The minimum Gasteiger partial charge on any atom is -0.492 e. The predicted molar refractivity (Wildman–Crippen MR) is 82.2 cm³/mol. The zero-order valence-electron chi connectivity index (χ0n) is 12.1. The van der Waals surface area contributed by atoms with E-state index in [0.29, 0.717) is 12.6 Å². The summed E-state index contributed by atoms with van der Waals surface area (Å²) in [6.07, 6.45) is 4.13. The molecule has 0 spiro atoms. The van der Waals surface area contributed by atoms with Gasteiger partial charge in [-0.05, 0) is 31.9 Å². The fourth-order valence-corrected chi connectivity index (χ4v) is 2.42. The molecule has 2 heterocycles. The van der Waals surface area contributed by atoms with Gasteiger partial charge in [-0.3, -0.25) is 0 Å². The molecule has 0 amide bonds. The first-order valence-electron chi connectivity index (χ1n) is 7.30. The van der Waals surface area contributed by atoms with Crippen LogP contribution < -0.4 is 15.0 Å². The lowest BCUT2D eigenvalue weighted by Crippen LogP contribution is -2.20. The summed E-state index contributed by atoms with van der Waals surface area (Å²) in [7, 11) is 0. The highest BCUT2D eigenvalue weighted by Gasteiger charge is 2.15. The van der Waals surface area contributed by atoms with Gasteiger partial charge in [0.15, 0.2) is 5.82 Å². The topological polar surface area (TPSA) is 63.2 Å². The largest absolute Gasteiger partial charge is 0.492 e. The zero-order chi connectivity index (χ0) is 14.5. The molecule has 0 atom stereocenters. The highest BCUT2D eigenvalue weighted by Crippen LogP contribution is 2.26. The van der Waals surface area contributed by atoms with Crippen LogP contribution in [0.15, 0.2) is 30.5 Å². The molecule has 1 saturated heterocycles. The Morgan fingerprint density at radius 2 is 2.05 bits per heavy atom. The quantitative estimate of drug-likeness (QED) is 0.911.